The third-order valence-corrected chi connectivity index (χ3v) is 4.47. The van der Waals surface area contributed by atoms with E-state index < -0.39 is 0 Å². The summed E-state index contributed by atoms with van der Waals surface area (Å²) in [5.41, 5.74) is 0.722. The van der Waals surface area contributed by atoms with Crippen LogP contribution in [-0.4, -0.2) is 34.5 Å². The number of aromatic nitrogens is 1. The van der Waals surface area contributed by atoms with E-state index in [1.165, 1.54) is 12.7 Å². The van der Waals surface area contributed by atoms with Gasteiger partial charge >= 0.3 is 0 Å². The maximum absolute atomic E-state index is 12.8. The monoisotopic (exact) mass is 291 g/mol. The van der Waals surface area contributed by atoms with E-state index in [2.05, 4.69) is 10.5 Å². The molecule has 1 aromatic heterocycles. The summed E-state index contributed by atoms with van der Waals surface area (Å²) in [5, 5.41) is 6.79. The van der Waals surface area contributed by atoms with Gasteiger partial charge in [0, 0.05) is 19.0 Å². The molecule has 2 heterocycles. The van der Waals surface area contributed by atoms with Crippen LogP contribution in [-0.2, 0) is 16.1 Å². The first kappa shape index (κ1) is 14.1. The molecule has 1 N–H and O–H groups in total. The predicted octanol–water partition coefficient (Wildman–Crippen LogP) is 1.47. The zero-order valence-corrected chi connectivity index (χ0v) is 12.1. The van der Waals surface area contributed by atoms with E-state index in [4.69, 9.17) is 4.52 Å². The molecule has 0 aromatic carbocycles. The van der Waals surface area contributed by atoms with Crippen LogP contribution in [0.4, 0.5) is 0 Å². The van der Waals surface area contributed by atoms with Crippen molar-refractivity contribution in [1.82, 2.24) is 15.4 Å². The van der Waals surface area contributed by atoms with Gasteiger partial charge in [0.2, 0.25) is 11.8 Å². The summed E-state index contributed by atoms with van der Waals surface area (Å²) >= 11 is 0. The molecule has 6 nitrogen and oxygen atoms in total. The number of carbonyl (C=O) groups is 2. The Bertz CT molecular complexity index is 494. The molecule has 0 radical (unpaired) electrons. The van der Waals surface area contributed by atoms with Crippen LogP contribution >= 0.6 is 0 Å². The van der Waals surface area contributed by atoms with Crippen LogP contribution in [0.5, 0.6) is 0 Å². The summed E-state index contributed by atoms with van der Waals surface area (Å²) < 4.78 is 4.82. The van der Waals surface area contributed by atoms with E-state index in [0.717, 1.165) is 31.4 Å². The molecule has 1 aliphatic heterocycles. The molecule has 3 rings (SSSR count). The zero-order valence-electron chi connectivity index (χ0n) is 12.1. The third-order valence-electron chi connectivity index (χ3n) is 4.47. The fourth-order valence-corrected chi connectivity index (χ4v) is 3.31. The van der Waals surface area contributed by atoms with Crippen molar-refractivity contribution in [2.24, 2.45) is 5.92 Å². The Morgan fingerprint density at radius 2 is 2.10 bits per heavy atom. The van der Waals surface area contributed by atoms with Gasteiger partial charge in [-0.1, -0.05) is 24.4 Å². The summed E-state index contributed by atoms with van der Waals surface area (Å²) in [4.78, 5) is 26.4. The first-order valence-corrected chi connectivity index (χ1v) is 7.71. The van der Waals surface area contributed by atoms with Crippen molar-refractivity contribution in [3.8, 4) is 0 Å². The number of rotatable bonds is 3. The summed E-state index contributed by atoms with van der Waals surface area (Å²) in [7, 11) is 0. The average molecular weight is 291 g/mol. The molecule has 1 saturated heterocycles. The fourth-order valence-electron chi connectivity index (χ4n) is 3.31. The Morgan fingerprint density at radius 1 is 1.29 bits per heavy atom. The quantitative estimate of drug-likeness (QED) is 0.915. The molecular weight excluding hydrogens is 270 g/mol. The normalized spacial score (nSPS) is 24.8. The first-order chi connectivity index (χ1) is 10.2. The lowest BCUT2D eigenvalue weighted by molar-refractivity contribution is -0.136. The summed E-state index contributed by atoms with van der Waals surface area (Å²) in [6.45, 7) is 0.855. The minimum Gasteiger partial charge on any atom is -0.364 e. The lowest BCUT2D eigenvalue weighted by atomic mass is 9.83. The number of hydrogen-bond acceptors (Lipinski definition) is 4. The van der Waals surface area contributed by atoms with Gasteiger partial charge in [-0.25, -0.2) is 0 Å². The lowest BCUT2D eigenvalue weighted by Gasteiger charge is -2.31. The van der Waals surface area contributed by atoms with E-state index in [1.807, 2.05) is 0 Å². The lowest BCUT2D eigenvalue weighted by Crippen LogP contribution is -2.49. The number of amides is 2. The van der Waals surface area contributed by atoms with Crippen molar-refractivity contribution in [2.45, 2.75) is 51.1 Å². The highest BCUT2D eigenvalue weighted by molar-refractivity contribution is 5.90. The molecule has 1 unspecified atom stereocenters. The van der Waals surface area contributed by atoms with Gasteiger partial charge in [0.05, 0.1) is 6.54 Å². The molecule has 1 atom stereocenters. The minimum atomic E-state index is -0.368. The van der Waals surface area contributed by atoms with Gasteiger partial charge in [-0.05, 0) is 18.8 Å². The highest BCUT2D eigenvalue weighted by Gasteiger charge is 2.36. The molecule has 6 heteroatoms. The number of carbonyl (C=O) groups excluding carboxylic acids is 2. The molecule has 1 aliphatic carbocycles. The standard InChI is InChI=1S/C15H21N3O3/c19-13-6-8-18(10-12-7-9-21-17-12)15(20)14(16-13)11-4-2-1-3-5-11/h7,9,11,14H,1-6,8,10H2,(H,16,19). The van der Waals surface area contributed by atoms with Crippen LogP contribution in [0, 0.1) is 5.92 Å². The van der Waals surface area contributed by atoms with Gasteiger partial charge in [-0.2, -0.15) is 0 Å². The maximum Gasteiger partial charge on any atom is 0.245 e. The Morgan fingerprint density at radius 3 is 2.81 bits per heavy atom. The highest BCUT2D eigenvalue weighted by Crippen LogP contribution is 2.28. The number of nitrogens with one attached hydrogen (secondary N) is 1. The van der Waals surface area contributed by atoms with Crippen molar-refractivity contribution >= 4 is 11.8 Å². The van der Waals surface area contributed by atoms with Crippen LogP contribution in [0.15, 0.2) is 16.9 Å². The summed E-state index contributed by atoms with van der Waals surface area (Å²) in [5.74, 6) is 0.269. The molecule has 1 saturated carbocycles. The van der Waals surface area contributed by atoms with Gasteiger partial charge in [-0.15, -0.1) is 0 Å². The molecular formula is C15H21N3O3. The number of nitrogens with zero attached hydrogens (tertiary/aromatic N) is 2. The topological polar surface area (TPSA) is 75.4 Å². The predicted molar refractivity (Wildman–Crippen MR) is 75.0 cm³/mol. The van der Waals surface area contributed by atoms with Crippen molar-refractivity contribution in [3.63, 3.8) is 0 Å². The van der Waals surface area contributed by atoms with E-state index >= 15 is 0 Å². The second kappa shape index (κ2) is 6.28. The van der Waals surface area contributed by atoms with E-state index in [1.54, 1.807) is 11.0 Å². The van der Waals surface area contributed by atoms with Gasteiger partial charge in [-0.3, -0.25) is 9.59 Å². The number of hydrogen-bond donors (Lipinski definition) is 1. The van der Waals surface area contributed by atoms with Crippen molar-refractivity contribution < 1.29 is 14.1 Å². The molecule has 114 valence electrons. The van der Waals surface area contributed by atoms with Crippen LogP contribution in [0.2, 0.25) is 0 Å². The second-order valence-electron chi connectivity index (χ2n) is 5.94. The van der Waals surface area contributed by atoms with Crippen molar-refractivity contribution in [1.29, 1.82) is 0 Å². The molecule has 21 heavy (non-hydrogen) atoms. The molecule has 2 fully saturated rings. The van der Waals surface area contributed by atoms with Crippen LogP contribution in [0.25, 0.3) is 0 Å². The molecule has 1 aromatic rings. The summed E-state index contributed by atoms with van der Waals surface area (Å²) in [6.07, 6.45) is 7.42. The SMILES string of the molecule is O=C1CCN(Cc2ccon2)C(=O)C(C2CCCCC2)N1. The van der Waals surface area contributed by atoms with Crippen LogP contribution in [0.1, 0.15) is 44.2 Å². The van der Waals surface area contributed by atoms with E-state index in [-0.39, 0.29) is 23.8 Å². The Hall–Kier alpha value is -1.85. The molecule has 0 spiro atoms. The third kappa shape index (κ3) is 3.25. The van der Waals surface area contributed by atoms with E-state index in [0.29, 0.717) is 19.5 Å². The summed E-state index contributed by atoms with van der Waals surface area (Å²) in [6, 6.07) is 1.38. The van der Waals surface area contributed by atoms with Gasteiger partial charge < -0.3 is 14.7 Å². The largest absolute Gasteiger partial charge is 0.364 e. The van der Waals surface area contributed by atoms with Gasteiger partial charge in [0.15, 0.2) is 0 Å². The first-order valence-electron chi connectivity index (χ1n) is 7.71. The van der Waals surface area contributed by atoms with Gasteiger partial charge in [0.25, 0.3) is 0 Å². The fraction of sp³-hybridized carbons (Fsp3) is 0.667. The van der Waals surface area contributed by atoms with Crippen LogP contribution < -0.4 is 5.32 Å². The average Bonchev–Trinajstić information content (AvgIpc) is 2.97. The van der Waals surface area contributed by atoms with Gasteiger partial charge in [0.1, 0.15) is 18.0 Å². The van der Waals surface area contributed by atoms with E-state index in [9.17, 15) is 9.59 Å². The Labute approximate surface area is 123 Å². The van der Waals surface area contributed by atoms with Crippen LogP contribution in [0.3, 0.4) is 0 Å². The van der Waals surface area contributed by atoms with Crippen molar-refractivity contribution in [3.05, 3.63) is 18.0 Å². The Kier molecular flexibility index (Phi) is 4.22. The molecule has 2 aliphatic rings. The van der Waals surface area contributed by atoms with Crippen molar-refractivity contribution in [2.75, 3.05) is 6.54 Å². The Balaban J connectivity index is 1.74. The molecule has 0 bridgehead atoms. The minimum absolute atomic E-state index is 0.0238. The smallest absolute Gasteiger partial charge is 0.245 e. The molecule has 2 amide bonds. The zero-order chi connectivity index (χ0) is 14.7. The maximum atomic E-state index is 12.8. The second-order valence-corrected chi connectivity index (χ2v) is 5.94. The highest BCUT2D eigenvalue weighted by atomic mass is 16.5.